The van der Waals surface area contributed by atoms with Crippen molar-refractivity contribution in [3.63, 3.8) is 0 Å². The van der Waals surface area contributed by atoms with Crippen LogP contribution in [0.5, 0.6) is 0 Å². The molecule has 1 aliphatic rings. The van der Waals surface area contributed by atoms with E-state index in [2.05, 4.69) is 15.3 Å². The molecule has 10 heteroatoms. The summed E-state index contributed by atoms with van der Waals surface area (Å²) >= 11 is 0. The Morgan fingerprint density at radius 3 is 2.74 bits per heavy atom. The van der Waals surface area contributed by atoms with Crippen LogP contribution in [-0.4, -0.2) is 66.3 Å². The van der Waals surface area contributed by atoms with Gasteiger partial charge in [0, 0.05) is 48.7 Å². The molecule has 5 N–H and O–H groups in total. The van der Waals surface area contributed by atoms with Gasteiger partial charge in [0.1, 0.15) is 34.9 Å². The van der Waals surface area contributed by atoms with E-state index >= 15 is 0 Å². The third kappa shape index (κ3) is 4.59. The number of amides is 1. The number of nitrogens with two attached hydrogens (primary N) is 1. The van der Waals surface area contributed by atoms with Crippen molar-refractivity contribution < 1.29 is 15.0 Å². The standard InChI is InChI=1S/C25H27N7O3/c26-23-22-21(16-6-8-17(9-7-16)25(35)29-19-5-1-2-10-27-19)30-24(32(22)13-11-28-23)18-4-3-12-31(14-18)20(34)15-33/h1-2,5-11,13,18,20,33-34H,3-4,12,14-15H2,(H2,26,28)(H,27,29,35)/t18-,20?/m1/s1. The topological polar surface area (TPSA) is 142 Å². The van der Waals surface area contributed by atoms with Gasteiger partial charge in [-0.25, -0.2) is 15.0 Å². The lowest BCUT2D eigenvalue weighted by Crippen LogP contribution is -2.44. The minimum absolute atomic E-state index is 0.0522. The Morgan fingerprint density at radius 2 is 2.00 bits per heavy atom. The summed E-state index contributed by atoms with van der Waals surface area (Å²) in [6.45, 7) is 0.993. The first-order valence-electron chi connectivity index (χ1n) is 11.5. The van der Waals surface area contributed by atoms with Crippen LogP contribution in [-0.2, 0) is 0 Å². The maximum Gasteiger partial charge on any atom is 0.256 e. The number of nitrogen functional groups attached to an aromatic ring is 1. The number of nitrogens with one attached hydrogen (secondary N) is 1. The average molecular weight is 474 g/mol. The van der Waals surface area contributed by atoms with Crippen molar-refractivity contribution in [2.24, 2.45) is 0 Å². The molecule has 0 bridgehead atoms. The van der Waals surface area contributed by atoms with Crippen LogP contribution in [0.2, 0.25) is 0 Å². The van der Waals surface area contributed by atoms with Gasteiger partial charge in [0.15, 0.2) is 0 Å². The number of piperidine rings is 1. The van der Waals surface area contributed by atoms with E-state index in [4.69, 9.17) is 10.7 Å². The quantitative estimate of drug-likeness (QED) is 0.334. The number of rotatable bonds is 6. The fourth-order valence-electron chi connectivity index (χ4n) is 4.58. The number of nitrogens with zero attached hydrogens (tertiary/aromatic N) is 5. The third-order valence-electron chi connectivity index (χ3n) is 6.34. The molecule has 1 aromatic carbocycles. The first-order chi connectivity index (χ1) is 17.0. The normalized spacial score (nSPS) is 17.4. The Morgan fingerprint density at radius 1 is 1.17 bits per heavy atom. The fraction of sp³-hybridized carbons (Fsp3) is 0.280. The number of carbonyl (C=O) groups excluding carboxylic acids is 1. The minimum atomic E-state index is -0.889. The summed E-state index contributed by atoms with van der Waals surface area (Å²) in [5, 5.41) is 22.3. The van der Waals surface area contributed by atoms with Crippen LogP contribution in [0.4, 0.5) is 11.6 Å². The Labute approximate surface area is 202 Å². The first-order valence-corrected chi connectivity index (χ1v) is 11.5. The molecule has 10 nitrogen and oxygen atoms in total. The van der Waals surface area contributed by atoms with Crippen molar-refractivity contribution in [3.8, 4) is 11.3 Å². The number of anilines is 2. The van der Waals surface area contributed by atoms with E-state index in [1.54, 1.807) is 36.7 Å². The number of aliphatic hydroxyl groups excluding tert-OH is 2. The Balaban J connectivity index is 1.46. The number of imidazole rings is 1. The minimum Gasteiger partial charge on any atom is -0.392 e. The number of hydrogen-bond acceptors (Lipinski definition) is 8. The average Bonchev–Trinajstić information content (AvgIpc) is 3.30. The highest BCUT2D eigenvalue weighted by Gasteiger charge is 2.29. The number of fused-ring (bicyclic) bond motifs is 1. The number of aromatic nitrogens is 4. The third-order valence-corrected chi connectivity index (χ3v) is 6.34. The van der Waals surface area contributed by atoms with Crippen molar-refractivity contribution in [1.82, 2.24) is 24.3 Å². The molecular formula is C25H27N7O3. The number of benzene rings is 1. The summed E-state index contributed by atoms with van der Waals surface area (Å²) in [6, 6.07) is 12.5. The number of aliphatic hydroxyl groups is 2. The van der Waals surface area contributed by atoms with E-state index < -0.39 is 6.23 Å². The number of likely N-dealkylation sites (tertiary alicyclic amines) is 1. The van der Waals surface area contributed by atoms with Gasteiger partial charge in [0.05, 0.1) is 6.61 Å². The lowest BCUT2D eigenvalue weighted by molar-refractivity contribution is -0.0474. The van der Waals surface area contributed by atoms with Crippen molar-refractivity contribution in [2.75, 3.05) is 30.7 Å². The summed E-state index contributed by atoms with van der Waals surface area (Å²) in [5.74, 6) is 1.48. The van der Waals surface area contributed by atoms with Gasteiger partial charge in [0.2, 0.25) is 0 Å². The molecule has 1 aliphatic heterocycles. The SMILES string of the molecule is Nc1nccn2c([C@@H]3CCCN(C(O)CO)C3)nc(-c3ccc(C(=O)Nc4ccccn4)cc3)c12. The van der Waals surface area contributed by atoms with Crippen molar-refractivity contribution in [3.05, 3.63) is 72.4 Å². The Bertz CT molecular complexity index is 1320. The molecule has 35 heavy (non-hydrogen) atoms. The van der Waals surface area contributed by atoms with Crippen molar-refractivity contribution in [1.29, 1.82) is 0 Å². The molecule has 1 amide bonds. The van der Waals surface area contributed by atoms with Gasteiger partial charge in [-0.15, -0.1) is 0 Å². The van der Waals surface area contributed by atoms with Crippen LogP contribution in [0.25, 0.3) is 16.8 Å². The summed E-state index contributed by atoms with van der Waals surface area (Å²) in [7, 11) is 0. The summed E-state index contributed by atoms with van der Waals surface area (Å²) in [6.07, 6.45) is 6.00. The molecule has 0 radical (unpaired) electrons. The zero-order valence-corrected chi connectivity index (χ0v) is 19.1. The van der Waals surface area contributed by atoms with E-state index in [1.165, 1.54) is 0 Å². The van der Waals surface area contributed by atoms with Gasteiger partial charge in [-0.2, -0.15) is 0 Å². The second kappa shape index (κ2) is 9.79. The van der Waals surface area contributed by atoms with E-state index in [9.17, 15) is 15.0 Å². The van der Waals surface area contributed by atoms with Crippen LogP contribution < -0.4 is 11.1 Å². The van der Waals surface area contributed by atoms with Gasteiger partial charge in [-0.1, -0.05) is 18.2 Å². The highest BCUT2D eigenvalue weighted by molar-refractivity contribution is 6.04. The molecule has 180 valence electrons. The van der Waals surface area contributed by atoms with Gasteiger partial charge in [-0.3, -0.25) is 14.1 Å². The van der Waals surface area contributed by atoms with Crippen molar-refractivity contribution in [2.45, 2.75) is 25.0 Å². The maximum atomic E-state index is 12.6. The van der Waals surface area contributed by atoms with E-state index in [0.29, 0.717) is 35.0 Å². The predicted molar refractivity (Wildman–Crippen MR) is 132 cm³/mol. The van der Waals surface area contributed by atoms with E-state index in [0.717, 1.165) is 30.8 Å². The molecule has 4 aromatic rings. The zero-order valence-electron chi connectivity index (χ0n) is 19.1. The molecule has 2 atom stereocenters. The fourth-order valence-corrected chi connectivity index (χ4v) is 4.58. The molecule has 3 aromatic heterocycles. The number of hydrogen-bond donors (Lipinski definition) is 4. The molecule has 1 saturated heterocycles. The monoisotopic (exact) mass is 473 g/mol. The van der Waals surface area contributed by atoms with Crippen LogP contribution in [0.3, 0.4) is 0 Å². The Kier molecular flexibility index (Phi) is 6.41. The van der Waals surface area contributed by atoms with Crippen molar-refractivity contribution >= 4 is 23.1 Å². The molecule has 0 saturated carbocycles. The maximum absolute atomic E-state index is 12.6. The first kappa shape index (κ1) is 22.9. The molecule has 4 heterocycles. The van der Waals surface area contributed by atoms with Crippen LogP contribution in [0.1, 0.15) is 34.9 Å². The predicted octanol–water partition coefficient (Wildman–Crippen LogP) is 2.12. The molecule has 0 spiro atoms. The molecule has 0 aliphatic carbocycles. The highest BCUT2D eigenvalue weighted by Crippen LogP contribution is 2.34. The smallest absolute Gasteiger partial charge is 0.256 e. The van der Waals surface area contributed by atoms with Gasteiger partial charge >= 0.3 is 0 Å². The van der Waals surface area contributed by atoms with Gasteiger partial charge in [0.25, 0.3) is 5.91 Å². The van der Waals surface area contributed by atoms with Crippen LogP contribution in [0, 0.1) is 0 Å². The lowest BCUT2D eigenvalue weighted by Gasteiger charge is -2.34. The zero-order chi connectivity index (χ0) is 24.4. The second-order valence-electron chi connectivity index (χ2n) is 8.59. The highest BCUT2D eigenvalue weighted by atomic mass is 16.3. The van der Waals surface area contributed by atoms with Gasteiger partial charge in [-0.05, 0) is 37.1 Å². The molecular weight excluding hydrogens is 446 g/mol. The van der Waals surface area contributed by atoms with Crippen LogP contribution in [0.15, 0.2) is 61.1 Å². The molecule has 1 unspecified atom stereocenters. The largest absolute Gasteiger partial charge is 0.392 e. The van der Waals surface area contributed by atoms with Gasteiger partial charge < -0.3 is 21.3 Å². The molecule has 5 rings (SSSR count). The second-order valence-corrected chi connectivity index (χ2v) is 8.59. The number of carbonyl (C=O) groups is 1. The Hall–Kier alpha value is -3.86. The van der Waals surface area contributed by atoms with E-state index in [-0.39, 0.29) is 18.4 Å². The number of pyridine rings is 1. The lowest BCUT2D eigenvalue weighted by atomic mass is 9.97. The summed E-state index contributed by atoms with van der Waals surface area (Å²) in [4.78, 5) is 27.8. The van der Waals surface area contributed by atoms with E-state index in [1.807, 2.05) is 33.7 Å². The summed E-state index contributed by atoms with van der Waals surface area (Å²) < 4.78 is 1.96. The summed E-state index contributed by atoms with van der Waals surface area (Å²) in [5.41, 5.74) is 8.96. The van der Waals surface area contributed by atoms with Crippen LogP contribution >= 0.6 is 0 Å². The molecule has 1 fully saturated rings.